The molecule has 0 bridgehead atoms. The third kappa shape index (κ3) is 2.56. The molecule has 0 atom stereocenters. The molecule has 110 valence electrons. The second-order valence-electron chi connectivity index (χ2n) is 4.91. The van der Waals surface area contributed by atoms with Gasteiger partial charge in [-0.05, 0) is 31.2 Å². The van der Waals surface area contributed by atoms with Crippen molar-refractivity contribution >= 4 is 11.6 Å². The summed E-state index contributed by atoms with van der Waals surface area (Å²) in [5.74, 6) is -0.417. The standard InChI is InChI=1S/C17H15N3O2/c1-12-15(16(21)18-13-8-4-2-5-9-13)17(22)20(19-12)14-10-6-3-7-11-14/h2-11,19H,1H3,(H,18,21). The fourth-order valence-corrected chi connectivity index (χ4v) is 2.29. The summed E-state index contributed by atoms with van der Waals surface area (Å²) in [6.45, 7) is 1.71. The van der Waals surface area contributed by atoms with Gasteiger partial charge in [0.15, 0.2) is 0 Å². The molecule has 3 aromatic rings. The molecule has 1 heterocycles. The van der Waals surface area contributed by atoms with Gasteiger partial charge in [-0.1, -0.05) is 36.4 Å². The third-order valence-corrected chi connectivity index (χ3v) is 3.34. The minimum Gasteiger partial charge on any atom is -0.322 e. The number of para-hydroxylation sites is 2. The van der Waals surface area contributed by atoms with Gasteiger partial charge in [0.1, 0.15) is 5.56 Å². The minimum absolute atomic E-state index is 0.118. The molecule has 0 aliphatic carbocycles. The van der Waals surface area contributed by atoms with Gasteiger partial charge in [0.25, 0.3) is 11.5 Å². The van der Waals surface area contributed by atoms with Gasteiger partial charge in [0.2, 0.25) is 0 Å². The van der Waals surface area contributed by atoms with Gasteiger partial charge in [0.05, 0.1) is 5.69 Å². The number of amides is 1. The predicted octanol–water partition coefficient (Wildman–Crippen LogP) is 2.73. The highest BCUT2D eigenvalue weighted by Crippen LogP contribution is 2.10. The monoisotopic (exact) mass is 293 g/mol. The van der Waals surface area contributed by atoms with Crippen molar-refractivity contribution in [1.29, 1.82) is 0 Å². The van der Waals surface area contributed by atoms with Gasteiger partial charge >= 0.3 is 0 Å². The van der Waals surface area contributed by atoms with Crippen molar-refractivity contribution in [3.8, 4) is 5.69 Å². The molecule has 2 N–H and O–H groups in total. The molecule has 2 aromatic carbocycles. The number of H-pyrrole nitrogens is 1. The smallest absolute Gasteiger partial charge is 0.284 e. The van der Waals surface area contributed by atoms with E-state index in [4.69, 9.17) is 0 Å². The maximum Gasteiger partial charge on any atom is 0.284 e. The fraction of sp³-hybridized carbons (Fsp3) is 0.0588. The fourth-order valence-electron chi connectivity index (χ4n) is 2.29. The number of anilines is 1. The Hall–Kier alpha value is -3.08. The molecular formula is C17H15N3O2. The van der Waals surface area contributed by atoms with Crippen LogP contribution in [-0.2, 0) is 0 Å². The molecule has 5 heteroatoms. The zero-order valence-electron chi connectivity index (χ0n) is 12.0. The molecule has 1 aromatic heterocycles. The first-order valence-electron chi connectivity index (χ1n) is 6.90. The largest absolute Gasteiger partial charge is 0.322 e. The van der Waals surface area contributed by atoms with Crippen LogP contribution in [0.5, 0.6) is 0 Å². The Balaban J connectivity index is 1.97. The lowest BCUT2D eigenvalue weighted by molar-refractivity contribution is 0.102. The van der Waals surface area contributed by atoms with Crippen molar-refractivity contribution in [1.82, 2.24) is 9.78 Å². The van der Waals surface area contributed by atoms with E-state index in [2.05, 4.69) is 10.4 Å². The van der Waals surface area contributed by atoms with Gasteiger partial charge in [-0.3, -0.25) is 14.7 Å². The van der Waals surface area contributed by atoms with Crippen molar-refractivity contribution in [2.75, 3.05) is 5.32 Å². The molecular weight excluding hydrogens is 278 g/mol. The Labute approximate surface area is 127 Å². The molecule has 22 heavy (non-hydrogen) atoms. The molecule has 0 aliphatic rings. The number of carbonyl (C=O) groups excluding carboxylic acids is 1. The van der Waals surface area contributed by atoms with Crippen LogP contribution < -0.4 is 10.9 Å². The predicted molar refractivity (Wildman–Crippen MR) is 85.5 cm³/mol. The van der Waals surface area contributed by atoms with Crippen LogP contribution in [0.25, 0.3) is 5.69 Å². The third-order valence-electron chi connectivity index (χ3n) is 3.34. The maximum absolute atomic E-state index is 12.5. The van der Waals surface area contributed by atoms with Crippen LogP contribution in [0, 0.1) is 6.92 Å². The minimum atomic E-state index is -0.417. The topological polar surface area (TPSA) is 66.9 Å². The number of rotatable bonds is 3. The second kappa shape index (κ2) is 5.73. The lowest BCUT2D eigenvalue weighted by Crippen LogP contribution is -2.24. The van der Waals surface area contributed by atoms with E-state index in [1.807, 2.05) is 36.4 Å². The quantitative estimate of drug-likeness (QED) is 0.779. The number of carbonyl (C=O) groups is 1. The molecule has 0 aliphatic heterocycles. The Kier molecular flexibility index (Phi) is 3.62. The first-order chi connectivity index (χ1) is 10.7. The summed E-state index contributed by atoms with van der Waals surface area (Å²) in [6, 6.07) is 18.2. The molecule has 0 radical (unpaired) electrons. The van der Waals surface area contributed by atoms with E-state index < -0.39 is 5.91 Å². The summed E-state index contributed by atoms with van der Waals surface area (Å²) >= 11 is 0. The van der Waals surface area contributed by atoms with Crippen LogP contribution in [0.4, 0.5) is 5.69 Å². The van der Waals surface area contributed by atoms with Crippen LogP contribution >= 0.6 is 0 Å². The summed E-state index contributed by atoms with van der Waals surface area (Å²) in [5, 5.41) is 5.67. The summed E-state index contributed by atoms with van der Waals surface area (Å²) in [5.41, 5.74) is 1.63. The van der Waals surface area contributed by atoms with Gasteiger partial charge < -0.3 is 5.32 Å². The Morgan fingerprint density at radius 1 is 1.00 bits per heavy atom. The van der Waals surface area contributed by atoms with E-state index >= 15 is 0 Å². The van der Waals surface area contributed by atoms with Gasteiger partial charge in [-0.25, -0.2) is 4.68 Å². The maximum atomic E-state index is 12.5. The van der Waals surface area contributed by atoms with E-state index in [9.17, 15) is 9.59 Å². The number of hydrogen-bond acceptors (Lipinski definition) is 2. The SMILES string of the molecule is Cc1[nH]n(-c2ccccc2)c(=O)c1C(=O)Nc1ccccc1. The van der Waals surface area contributed by atoms with Crippen LogP contribution in [0.1, 0.15) is 16.1 Å². The summed E-state index contributed by atoms with van der Waals surface area (Å²) in [4.78, 5) is 24.8. The summed E-state index contributed by atoms with van der Waals surface area (Å²) in [7, 11) is 0. The number of aromatic amines is 1. The van der Waals surface area contributed by atoms with Crippen LogP contribution in [0.15, 0.2) is 65.5 Å². The van der Waals surface area contributed by atoms with Crippen molar-refractivity contribution in [2.24, 2.45) is 0 Å². The van der Waals surface area contributed by atoms with Crippen molar-refractivity contribution in [3.05, 3.63) is 82.3 Å². The van der Waals surface area contributed by atoms with E-state index in [1.165, 1.54) is 4.68 Å². The molecule has 5 nitrogen and oxygen atoms in total. The Morgan fingerprint density at radius 2 is 1.59 bits per heavy atom. The molecule has 0 saturated heterocycles. The average Bonchev–Trinajstić information content (AvgIpc) is 2.84. The number of benzene rings is 2. The number of nitrogens with zero attached hydrogens (tertiary/aromatic N) is 1. The molecule has 3 rings (SSSR count). The van der Waals surface area contributed by atoms with Crippen molar-refractivity contribution < 1.29 is 4.79 Å². The molecule has 0 unspecified atom stereocenters. The van der Waals surface area contributed by atoms with Crippen molar-refractivity contribution in [3.63, 3.8) is 0 Å². The first-order valence-corrected chi connectivity index (χ1v) is 6.90. The molecule has 0 saturated carbocycles. The lowest BCUT2D eigenvalue weighted by Gasteiger charge is -2.02. The highest BCUT2D eigenvalue weighted by Gasteiger charge is 2.19. The second-order valence-corrected chi connectivity index (χ2v) is 4.91. The Morgan fingerprint density at radius 3 is 2.23 bits per heavy atom. The van der Waals surface area contributed by atoms with Crippen LogP contribution in [-0.4, -0.2) is 15.7 Å². The van der Waals surface area contributed by atoms with E-state index in [-0.39, 0.29) is 11.1 Å². The summed E-state index contributed by atoms with van der Waals surface area (Å²) < 4.78 is 1.37. The van der Waals surface area contributed by atoms with E-state index in [0.717, 1.165) is 0 Å². The molecule has 0 spiro atoms. The molecule has 1 amide bonds. The number of hydrogen-bond donors (Lipinski definition) is 2. The number of nitrogens with one attached hydrogen (secondary N) is 2. The van der Waals surface area contributed by atoms with E-state index in [1.54, 1.807) is 31.2 Å². The zero-order valence-corrected chi connectivity index (χ0v) is 12.0. The average molecular weight is 293 g/mol. The van der Waals surface area contributed by atoms with Gasteiger partial charge in [-0.15, -0.1) is 0 Å². The first kappa shape index (κ1) is 13.9. The zero-order chi connectivity index (χ0) is 15.5. The van der Waals surface area contributed by atoms with Crippen LogP contribution in [0.3, 0.4) is 0 Å². The molecule has 0 fully saturated rings. The lowest BCUT2D eigenvalue weighted by atomic mass is 10.2. The normalized spacial score (nSPS) is 10.4. The summed E-state index contributed by atoms with van der Waals surface area (Å²) in [6.07, 6.45) is 0. The highest BCUT2D eigenvalue weighted by molar-refractivity contribution is 6.04. The highest BCUT2D eigenvalue weighted by atomic mass is 16.2. The van der Waals surface area contributed by atoms with E-state index in [0.29, 0.717) is 17.1 Å². The van der Waals surface area contributed by atoms with Gasteiger partial charge in [0, 0.05) is 11.4 Å². The van der Waals surface area contributed by atoms with Crippen LogP contribution in [0.2, 0.25) is 0 Å². The van der Waals surface area contributed by atoms with Gasteiger partial charge in [-0.2, -0.15) is 0 Å². The Bertz CT molecular complexity index is 849. The number of aryl methyl sites for hydroxylation is 1. The number of aromatic nitrogens is 2. The van der Waals surface area contributed by atoms with Crippen molar-refractivity contribution in [2.45, 2.75) is 6.92 Å².